The summed E-state index contributed by atoms with van der Waals surface area (Å²) in [7, 11) is 0. The van der Waals surface area contributed by atoms with Crippen LogP contribution < -0.4 is 26.8 Å². The van der Waals surface area contributed by atoms with Crippen LogP contribution in [-0.2, 0) is 9.53 Å². The van der Waals surface area contributed by atoms with E-state index in [1.54, 1.807) is 18.2 Å². The molecule has 0 unspecified atom stereocenters. The van der Waals surface area contributed by atoms with Crippen LogP contribution in [-0.4, -0.2) is 49.6 Å². The number of nitrogens with zero attached hydrogens (tertiary/aromatic N) is 1. The van der Waals surface area contributed by atoms with Crippen LogP contribution in [0.3, 0.4) is 0 Å². The molecule has 9 heteroatoms. The molecule has 166 valence electrons. The molecule has 0 radical (unpaired) electrons. The van der Waals surface area contributed by atoms with Crippen molar-refractivity contribution in [2.45, 2.75) is 6.92 Å². The Labute approximate surface area is 184 Å². The number of carbonyl (C=O) groups is 2. The van der Waals surface area contributed by atoms with Crippen molar-refractivity contribution in [3.63, 3.8) is 0 Å². The molecule has 0 saturated carbocycles. The average molecular weight is 435 g/mol. The number of benzene rings is 2. The smallest absolute Gasteiger partial charge is 0.257 e. The minimum atomic E-state index is -0.488. The van der Waals surface area contributed by atoms with Crippen molar-refractivity contribution in [1.29, 1.82) is 0 Å². The second kappa shape index (κ2) is 9.11. The van der Waals surface area contributed by atoms with Gasteiger partial charge in [-0.25, -0.2) is 0 Å². The number of rotatable bonds is 6. The first-order valence-corrected chi connectivity index (χ1v) is 10.3. The third kappa shape index (κ3) is 4.73. The lowest BCUT2D eigenvalue weighted by molar-refractivity contribution is -0.116. The van der Waals surface area contributed by atoms with E-state index >= 15 is 0 Å². The van der Waals surface area contributed by atoms with Crippen molar-refractivity contribution < 1.29 is 14.3 Å². The van der Waals surface area contributed by atoms with Crippen molar-refractivity contribution in [1.82, 2.24) is 4.98 Å². The maximum absolute atomic E-state index is 13.3. The van der Waals surface area contributed by atoms with Gasteiger partial charge in [-0.1, -0.05) is 0 Å². The summed E-state index contributed by atoms with van der Waals surface area (Å²) < 4.78 is 5.44. The van der Waals surface area contributed by atoms with E-state index in [9.17, 15) is 14.4 Å². The Morgan fingerprint density at radius 3 is 2.59 bits per heavy atom. The molecule has 9 nitrogen and oxygen atoms in total. The highest BCUT2D eigenvalue weighted by Crippen LogP contribution is 2.27. The number of fused-ring (bicyclic) bond motifs is 1. The number of pyridine rings is 1. The van der Waals surface area contributed by atoms with Crippen LogP contribution in [0.15, 0.2) is 47.3 Å². The number of hydrogen-bond acceptors (Lipinski definition) is 6. The summed E-state index contributed by atoms with van der Waals surface area (Å²) in [5.74, 6) is -0.770. The molecule has 0 atom stereocenters. The molecule has 2 aromatic carbocycles. The summed E-state index contributed by atoms with van der Waals surface area (Å²) >= 11 is 0. The maximum Gasteiger partial charge on any atom is 0.257 e. The molecule has 32 heavy (non-hydrogen) atoms. The van der Waals surface area contributed by atoms with Crippen molar-refractivity contribution >= 4 is 39.8 Å². The van der Waals surface area contributed by atoms with Crippen molar-refractivity contribution in [2.75, 3.05) is 48.4 Å². The lowest BCUT2D eigenvalue weighted by Crippen LogP contribution is -2.37. The fourth-order valence-corrected chi connectivity index (χ4v) is 3.80. The van der Waals surface area contributed by atoms with Gasteiger partial charge in [0.2, 0.25) is 11.5 Å². The maximum atomic E-state index is 13.3. The predicted octanol–water partition coefficient (Wildman–Crippen LogP) is 1.82. The second-order valence-corrected chi connectivity index (χ2v) is 7.68. The highest BCUT2D eigenvalue weighted by Gasteiger charge is 2.20. The number of morpholine rings is 1. The van der Waals surface area contributed by atoms with Gasteiger partial charge in [0.15, 0.2) is 0 Å². The van der Waals surface area contributed by atoms with Gasteiger partial charge in [0.25, 0.3) is 5.91 Å². The van der Waals surface area contributed by atoms with Crippen LogP contribution in [0.5, 0.6) is 0 Å². The van der Waals surface area contributed by atoms with E-state index in [4.69, 9.17) is 10.5 Å². The monoisotopic (exact) mass is 435 g/mol. The summed E-state index contributed by atoms with van der Waals surface area (Å²) in [6, 6.07) is 12.3. The minimum absolute atomic E-state index is 0.0277. The molecule has 1 aliphatic heterocycles. The molecule has 1 saturated heterocycles. The van der Waals surface area contributed by atoms with Gasteiger partial charge in [-0.15, -0.1) is 0 Å². The SMILES string of the molecule is Cc1cc(=O)[nH]c2ccc(NC(=O)c3cc(NCC(N)=O)ccc3N3CCOCC3)cc12. The fraction of sp³-hybridized carbons (Fsp3) is 0.261. The molecular formula is C23H25N5O4. The number of hydrogen-bond donors (Lipinski definition) is 4. The second-order valence-electron chi connectivity index (χ2n) is 7.68. The highest BCUT2D eigenvalue weighted by molar-refractivity contribution is 6.09. The van der Waals surface area contributed by atoms with E-state index in [2.05, 4.69) is 20.5 Å². The number of nitrogens with one attached hydrogen (secondary N) is 3. The Kier molecular flexibility index (Phi) is 6.09. The quantitative estimate of drug-likeness (QED) is 0.467. The molecule has 1 fully saturated rings. The molecule has 1 aromatic heterocycles. The number of anilines is 3. The van der Waals surface area contributed by atoms with Crippen molar-refractivity contribution in [2.24, 2.45) is 5.73 Å². The Balaban J connectivity index is 1.65. The number of nitrogens with two attached hydrogens (primary N) is 1. The van der Waals surface area contributed by atoms with Crippen LogP contribution in [0.1, 0.15) is 15.9 Å². The van der Waals surface area contributed by atoms with E-state index in [0.29, 0.717) is 48.8 Å². The molecule has 5 N–H and O–H groups in total. The standard InChI is InChI=1S/C23H25N5O4/c1-14-10-22(30)27-19-4-2-16(12-17(14)19)26-23(31)18-11-15(25-13-21(24)29)3-5-20(18)28-6-8-32-9-7-28/h2-5,10-12,25H,6-9,13H2,1H3,(H2,24,29)(H,26,31)(H,27,30). The van der Waals surface area contributed by atoms with Gasteiger partial charge in [0, 0.05) is 47.1 Å². The summed E-state index contributed by atoms with van der Waals surface area (Å²) in [6.07, 6.45) is 0. The van der Waals surface area contributed by atoms with Gasteiger partial charge < -0.3 is 31.0 Å². The highest BCUT2D eigenvalue weighted by atomic mass is 16.5. The number of ether oxygens (including phenoxy) is 1. The lowest BCUT2D eigenvalue weighted by Gasteiger charge is -2.30. The van der Waals surface area contributed by atoms with E-state index in [1.165, 1.54) is 6.07 Å². The van der Waals surface area contributed by atoms with Crippen molar-refractivity contribution in [3.05, 3.63) is 63.9 Å². The van der Waals surface area contributed by atoms with Crippen LogP contribution in [0.25, 0.3) is 10.9 Å². The first kappa shape index (κ1) is 21.4. The van der Waals surface area contributed by atoms with Crippen molar-refractivity contribution in [3.8, 4) is 0 Å². The number of carbonyl (C=O) groups excluding carboxylic acids is 2. The Hall–Kier alpha value is -3.85. The number of primary amides is 1. The number of aromatic amines is 1. The Morgan fingerprint density at radius 2 is 1.84 bits per heavy atom. The Morgan fingerprint density at radius 1 is 1.09 bits per heavy atom. The molecule has 1 aliphatic rings. The molecule has 2 heterocycles. The van der Waals surface area contributed by atoms with Crippen LogP contribution in [0.4, 0.5) is 17.1 Å². The van der Waals surface area contributed by atoms with E-state index < -0.39 is 5.91 Å². The summed E-state index contributed by atoms with van der Waals surface area (Å²) in [5, 5.41) is 6.75. The number of amides is 2. The minimum Gasteiger partial charge on any atom is -0.378 e. The summed E-state index contributed by atoms with van der Waals surface area (Å²) in [6.45, 7) is 4.36. The molecule has 0 bridgehead atoms. The third-order valence-electron chi connectivity index (χ3n) is 5.37. The first-order chi connectivity index (χ1) is 15.4. The van der Waals surface area contributed by atoms with E-state index in [0.717, 1.165) is 16.6 Å². The zero-order valence-electron chi connectivity index (χ0n) is 17.7. The normalized spacial score (nSPS) is 13.7. The predicted molar refractivity (Wildman–Crippen MR) is 124 cm³/mol. The topological polar surface area (TPSA) is 130 Å². The summed E-state index contributed by atoms with van der Waals surface area (Å²) in [5.41, 5.74) is 9.09. The zero-order valence-corrected chi connectivity index (χ0v) is 17.7. The number of aryl methyl sites for hydroxylation is 1. The van der Waals surface area contributed by atoms with Gasteiger partial charge in [-0.05, 0) is 48.9 Å². The Bertz CT molecular complexity index is 1230. The van der Waals surface area contributed by atoms with Crippen LogP contribution in [0, 0.1) is 6.92 Å². The van der Waals surface area contributed by atoms with Gasteiger partial charge in [0.05, 0.1) is 25.3 Å². The molecule has 2 amide bonds. The zero-order chi connectivity index (χ0) is 22.7. The van der Waals surface area contributed by atoms with Gasteiger partial charge in [0.1, 0.15) is 0 Å². The molecule has 4 rings (SSSR count). The third-order valence-corrected chi connectivity index (χ3v) is 5.37. The number of aromatic nitrogens is 1. The van der Waals surface area contributed by atoms with E-state index in [-0.39, 0.29) is 18.0 Å². The van der Waals surface area contributed by atoms with Crippen LogP contribution in [0.2, 0.25) is 0 Å². The van der Waals surface area contributed by atoms with Crippen LogP contribution >= 0.6 is 0 Å². The lowest BCUT2D eigenvalue weighted by atomic mass is 10.1. The first-order valence-electron chi connectivity index (χ1n) is 10.3. The largest absolute Gasteiger partial charge is 0.378 e. The molecular weight excluding hydrogens is 410 g/mol. The fourth-order valence-electron chi connectivity index (χ4n) is 3.80. The van der Waals surface area contributed by atoms with Gasteiger partial charge >= 0.3 is 0 Å². The molecule has 0 spiro atoms. The van der Waals surface area contributed by atoms with Gasteiger partial charge in [-0.3, -0.25) is 14.4 Å². The molecule has 3 aromatic rings. The van der Waals surface area contributed by atoms with E-state index in [1.807, 2.05) is 25.1 Å². The average Bonchev–Trinajstić information content (AvgIpc) is 2.78. The summed E-state index contributed by atoms with van der Waals surface area (Å²) in [4.78, 5) is 41.0. The molecule has 0 aliphatic carbocycles. The van der Waals surface area contributed by atoms with Gasteiger partial charge in [-0.2, -0.15) is 0 Å². The number of H-pyrrole nitrogens is 1.